The summed E-state index contributed by atoms with van der Waals surface area (Å²) in [6, 6.07) is 13.3. The topological polar surface area (TPSA) is 121 Å². The van der Waals surface area contributed by atoms with Crippen LogP contribution in [0.15, 0.2) is 65.2 Å². The summed E-state index contributed by atoms with van der Waals surface area (Å²) in [6.07, 6.45) is 12.3. The van der Waals surface area contributed by atoms with E-state index in [4.69, 9.17) is 30.5 Å². The second-order valence-corrected chi connectivity index (χ2v) is 18.5. The van der Waals surface area contributed by atoms with Gasteiger partial charge in [0.1, 0.15) is 15.7 Å². The first-order valence-corrected chi connectivity index (χ1v) is 21.9. The van der Waals surface area contributed by atoms with E-state index in [1.54, 1.807) is 39.7 Å². The number of allylic oxidation sites excluding steroid dienone is 1. The summed E-state index contributed by atoms with van der Waals surface area (Å²) < 4.78 is 47.2. The number of carbonyl (C=O) groups is 2. The van der Waals surface area contributed by atoms with E-state index in [-0.39, 0.29) is 28.8 Å². The Morgan fingerprint density at radius 3 is 2.75 bits per heavy atom. The highest BCUT2D eigenvalue weighted by molar-refractivity contribution is 7.92. The Hall–Kier alpha value is -3.68. The van der Waals surface area contributed by atoms with Crippen LogP contribution in [0.2, 0.25) is 5.02 Å². The normalized spacial score (nSPS) is 28.2. The Balaban J connectivity index is 1.26. The van der Waals surface area contributed by atoms with Crippen LogP contribution in [0.3, 0.4) is 0 Å². The third-order valence-electron chi connectivity index (χ3n) is 12.1. The number of methoxy groups -OCH3 is 3. The molecule has 2 amide bonds. The maximum atomic E-state index is 14.8. The van der Waals surface area contributed by atoms with Gasteiger partial charge in [0.05, 0.1) is 36.3 Å². The summed E-state index contributed by atoms with van der Waals surface area (Å²) in [5.74, 6) is 0.0116. The Morgan fingerprint density at radius 1 is 1.12 bits per heavy atom. The zero-order valence-corrected chi connectivity index (χ0v) is 34.5. The van der Waals surface area contributed by atoms with Crippen LogP contribution < -0.4 is 14.4 Å². The molecule has 2 bridgehead atoms. The lowest BCUT2D eigenvalue weighted by molar-refractivity contribution is 0.0131. The molecule has 2 aromatic carbocycles. The minimum atomic E-state index is -3.58. The maximum absolute atomic E-state index is 14.8. The highest BCUT2D eigenvalue weighted by Gasteiger charge is 2.44. The van der Waals surface area contributed by atoms with Crippen LogP contribution in [0, 0.1) is 17.8 Å². The van der Waals surface area contributed by atoms with E-state index in [0.717, 1.165) is 61.5 Å². The quantitative estimate of drug-likeness (QED) is 0.176. The lowest BCUT2D eigenvalue weighted by atomic mass is 9.68. The summed E-state index contributed by atoms with van der Waals surface area (Å²) in [5.41, 5.74) is 4.48. The molecule has 1 unspecified atom stereocenters. The first kappa shape index (κ1) is 40.5. The number of carbonyl (C=O) groups excluding carboxylic acids is 2. The van der Waals surface area contributed by atoms with E-state index >= 15 is 0 Å². The summed E-state index contributed by atoms with van der Waals surface area (Å²) >= 11 is 6.48. The van der Waals surface area contributed by atoms with Crippen molar-refractivity contribution in [1.29, 1.82) is 0 Å². The number of nitrogens with one attached hydrogen (secondary N) is 1. The van der Waals surface area contributed by atoms with Crippen LogP contribution in [0.5, 0.6) is 5.75 Å². The number of hydrogen-bond acceptors (Lipinski definition) is 8. The minimum Gasteiger partial charge on any atom is -0.490 e. The number of amides is 2. The highest BCUT2D eigenvalue weighted by Crippen LogP contribution is 2.47. The molecule has 1 fully saturated rings. The number of halogens is 1. The fraction of sp³-hybridized carbons (Fsp3) is 0.535. The van der Waals surface area contributed by atoms with Gasteiger partial charge in [-0.25, -0.2) is 4.21 Å². The van der Waals surface area contributed by atoms with Gasteiger partial charge in [-0.05, 0) is 110 Å². The number of rotatable bonds is 9. The third-order valence-corrected chi connectivity index (χ3v) is 14.3. The fourth-order valence-electron chi connectivity index (χ4n) is 9.11. The van der Waals surface area contributed by atoms with E-state index in [0.29, 0.717) is 62.5 Å². The van der Waals surface area contributed by atoms with Gasteiger partial charge in [-0.15, -0.1) is 4.36 Å². The molecule has 4 aliphatic rings. The monoisotopic (exact) mass is 806 g/mol. The zero-order valence-electron chi connectivity index (χ0n) is 33.0. The van der Waals surface area contributed by atoms with Crippen molar-refractivity contribution in [3.05, 3.63) is 93.8 Å². The van der Waals surface area contributed by atoms with Crippen LogP contribution in [0.1, 0.15) is 83.0 Å². The number of nitrogens with zero attached hydrogens (tertiary/aromatic N) is 3. The molecule has 0 radical (unpaired) electrons. The van der Waals surface area contributed by atoms with E-state index in [9.17, 15) is 13.8 Å². The average Bonchev–Trinajstić information content (AvgIpc) is 3.49. The van der Waals surface area contributed by atoms with Crippen LogP contribution in [-0.2, 0) is 49.1 Å². The molecule has 1 aromatic heterocycles. The lowest BCUT2D eigenvalue weighted by Gasteiger charge is -2.46. The molecule has 13 heteroatoms. The summed E-state index contributed by atoms with van der Waals surface area (Å²) in [7, 11) is 1.43. The predicted molar refractivity (Wildman–Crippen MR) is 219 cm³/mol. The van der Waals surface area contributed by atoms with E-state index in [2.05, 4.69) is 38.3 Å². The zero-order chi connectivity index (χ0) is 39.5. The van der Waals surface area contributed by atoms with Gasteiger partial charge >= 0.3 is 0 Å². The van der Waals surface area contributed by atoms with Gasteiger partial charge in [-0.1, -0.05) is 36.7 Å². The molecule has 0 saturated heterocycles. The molecule has 7 rings (SSSR count). The number of benzene rings is 2. The molecule has 1 N–H and O–H groups in total. The van der Waals surface area contributed by atoms with Crippen molar-refractivity contribution in [3.63, 3.8) is 0 Å². The van der Waals surface area contributed by atoms with Crippen LogP contribution in [0.25, 0.3) is 0 Å². The largest absolute Gasteiger partial charge is 0.490 e. The SMILES string of the molecule is COCCCn1cc(C(=O)NS2(=O)=NC(=O)c3ccc4c(c3)N(C[C@@H]3CC[C@H]3[C@@H](OC)/C=C\C[C@H](C)C2)C[C@@]2(CCCc3cc(Cl)ccc32)CO4)cc1COC. The van der Waals surface area contributed by atoms with Gasteiger partial charge in [0.2, 0.25) is 0 Å². The van der Waals surface area contributed by atoms with Gasteiger partial charge in [-0.2, -0.15) is 0 Å². The molecule has 56 heavy (non-hydrogen) atoms. The van der Waals surface area contributed by atoms with Gasteiger partial charge in [-0.3, -0.25) is 14.3 Å². The van der Waals surface area contributed by atoms with Crippen molar-refractivity contribution in [2.24, 2.45) is 22.1 Å². The van der Waals surface area contributed by atoms with Crippen LogP contribution in [-0.4, -0.2) is 80.1 Å². The predicted octanol–water partition coefficient (Wildman–Crippen LogP) is 7.39. The van der Waals surface area contributed by atoms with Crippen molar-refractivity contribution < 1.29 is 32.7 Å². The van der Waals surface area contributed by atoms with Crippen molar-refractivity contribution in [1.82, 2.24) is 9.29 Å². The lowest BCUT2D eigenvalue weighted by Crippen LogP contribution is -2.49. The molecular formula is C43H55ClN4O7S. The number of hydrogen-bond donors (Lipinski definition) is 1. The molecule has 2 aliphatic heterocycles. The molecule has 3 heterocycles. The van der Waals surface area contributed by atoms with Crippen molar-refractivity contribution in [3.8, 4) is 5.75 Å². The summed E-state index contributed by atoms with van der Waals surface area (Å²) in [6.45, 7) is 5.42. The maximum Gasteiger partial charge on any atom is 0.286 e. The molecule has 3 aromatic rings. The molecule has 11 nitrogen and oxygen atoms in total. The number of ether oxygens (including phenoxy) is 4. The van der Waals surface area contributed by atoms with Gasteiger partial charge < -0.3 is 28.4 Å². The first-order chi connectivity index (χ1) is 27.0. The van der Waals surface area contributed by atoms with E-state index < -0.39 is 21.7 Å². The summed E-state index contributed by atoms with van der Waals surface area (Å²) in [4.78, 5) is 30.4. The Bertz CT molecular complexity index is 2080. The second kappa shape index (κ2) is 17.4. The first-order valence-electron chi connectivity index (χ1n) is 19.8. The molecule has 1 saturated carbocycles. The average molecular weight is 807 g/mol. The van der Waals surface area contributed by atoms with Crippen molar-refractivity contribution in [2.75, 3.05) is 58.3 Å². The van der Waals surface area contributed by atoms with Gasteiger partial charge in [0.25, 0.3) is 11.8 Å². The Kier molecular flexibility index (Phi) is 12.6. The molecule has 302 valence electrons. The molecule has 1 spiro atoms. The van der Waals surface area contributed by atoms with Crippen LogP contribution in [0.4, 0.5) is 5.69 Å². The molecule has 2 aliphatic carbocycles. The minimum absolute atomic E-state index is 0.00980. The standard InChI is InChI=1S/C43H55ClN4O7S/c1-29-8-5-10-39(54-4)36-14-11-32(36)23-48-27-43(17-6-9-30-20-34(44)13-15-37(30)43)28-55-40-16-12-31(22-38(40)48)41(49)45-56(51,26-29)46-42(50)33-21-35(25-53-3)47(24-33)18-7-19-52-2/h5,10,12-13,15-16,20-22,24,29,32,36,39H,6-9,11,14,17-19,23,25-28H2,1-4H3,(H,45,46,49,50,51)/b10-5-/t29-,32-,36+,39-,43-,56?/m0/s1. The second-order valence-electron chi connectivity index (χ2n) is 16.1. The van der Waals surface area contributed by atoms with Crippen molar-refractivity contribution in [2.45, 2.75) is 76.5 Å². The summed E-state index contributed by atoms with van der Waals surface area (Å²) in [5, 5.41) is 0.737. The van der Waals surface area contributed by atoms with Crippen molar-refractivity contribution >= 4 is 39.0 Å². The number of anilines is 1. The Morgan fingerprint density at radius 2 is 1.98 bits per heavy atom. The Labute approximate surface area is 336 Å². The number of aromatic nitrogens is 1. The fourth-order valence-corrected chi connectivity index (χ4v) is 11.2. The third kappa shape index (κ3) is 8.74. The van der Waals surface area contributed by atoms with Crippen LogP contribution >= 0.6 is 11.6 Å². The van der Waals surface area contributed by atoms with Gasteiger partial charge in [0, 0.05) is 75.5 Å². The number of aryl methyl sites for hydroxylation is 2. The van der Waals surface area contributed by atoms with Gasteiger partial charge in [0.15, 0.2) is 0 Å². The molecular weight excluding hydrogens is 752 g/mol. The highest BCUT2D eigenvalue weighted by atomic mass is 35.5. The molecule has 6 atom stereocenters. The smallest absolute Gasteiger partial charge is 0.286 e. The van der Waals surface area contributed by atoms with E-state index in [1.165, 1.54) is 11.1 Å². The van der Waals surface area contributed by atoms with E-state index in [1.807, 2.05) is 29.7 Å². The number of fused-ring (bicyclic) bond motifs is 4.